The third-order valence-electron chi connectivity index (χ3n) is 5.09. The maximum Gasteiger partial charge on any atom is 0.204 e. The minimum Gasteiger partial charge on any atom is -0.319 e. The van der Waals surface area contributed by atoms with Crippen LogP contribution < -0.4 is 0 Å². The summed E-state index contributed by atoms with van der Waals surface area (Å²) in [5.41, 5.74) is 1.17. The first-order valence-corrected chi connectivity index (χ1v) is 11.4. The van der Waals surface area contributed by atoms with Gasteiger partial charge in [0.15, 0.2) is 0 Å². The van der Waals surface area contributed by atoms with E-state index in [0.717, 1.165) is 4.47 Å². The number of halogens is 1. The number of hydrogen-bond acceptors (Lipinski definition) is 2. The Morgan fingerprint density at radius 3 is 2.27 bits per heavy atom. The van der Waals surface area contributed by atoms with E-state index in [2.05, 4.69) is 64.5 Å². The lowest BCUT2D eigenvalue weighted by molar-refractivity contribution is 0.220. The molecule has 2 aliphatic rings. The van der Waals surface area contributed by atoms with E-state index in [1.54, 1.807) is 0 Å². The van der Waals surface area contributed by atoms with Gasteiger partial charge in [0.05, 0.1) is 6.10 Å². The summed E-state index contributed by atoms with van der Waals surface area (Å²) in [5, 5.41) is 0. The summed E-state index contributed by atoms with van der Waals surface area (Å²) < 4.78 is 12.4. The van der Waals surface area contributed by atoms with Gasteiger partial charge in [-0.3, -0.25) is 0 Å². The number of benzene rings is 1. The van der Waals surface area contributed by atoms with E-state index in [0.29, 0.717) is 12.1 Å². The van der Waals surface area contributed by atoms with Gasteiger partial charge < -0.3 is 4.52 Å². The second-order valence-corrected chi connectivity index (χ2v) is 11.1. The highest BCUT2D eigenvalue weighted by Gasteiger charge is 2.50. The fourth-order valence-corrected chi connectivity index (χ4v) is 8.05. The van der Waals surface area contributed by atoms with Gasteiger partial charge in [-0.1, -0.05) is 47.0 Å². The molecule has 0 N–H and O–H groups in total. The lowest BCUT2D eigenvalue weighted by Gasteiger charge is -2.33. The number of hydrogen-bond donors (Lipinski definition) is 0. The number of rotatable bonds is 3. The van der Waals surface area contributed by atoms with Crippen LogP contribution in [0.4, 0.5) is 0 Å². The zero-order chi connectivity index (χ0) is 15.9. The van der Waals surface area contributed by atoms with Crippen molar-refractivity contribution in [2.75, 3.05) is 14.1 Å². The molecule has 0 unspecified atom stereocenters. The van der Waals surface area contributed by atoms with Gasteiger partial charge in [-0.05, 0) is 57.3 Å². The Hall–Kier alpha value is 0.230. The molecule has 0 bridgehead atoms. The molecule has 1 aromatic carbocycles. The predicted molar refractivity (Wildman–Crippen MR) is 99.5 cm³/mol. The molecular weight excluding hydrogens is 379 g/mol. The molecule has 3 nitrogen and oxygen atoms in total. The Bertz CT molecular complexity index is 577. The molecular formula is C16H24BrN2OPS. The van der Waals surface area contributed by atoms with Crippen molar-refractivity contribution in [1.29, 1.82) is 0 Å². The molecule has 3 atom stereocenters. The molecule has 0 radical (unpaired) electrons. The predicted octanol–water partition coefficient (Wildman–Crippen LogP) is 4.94. The van der Waals surface area contributed by atoms with Gasteiger partial charge in [0.1, 0.15) is 0 Å². The highest BCUT2D eigenvalue weighted by atomic mass is 79.9. The van der Waals surface area contributed by atoms with Crippen molar-refractivity contribution in [2.45, 2.75) is 50.8 Å². The Morgan fingerprint density at radius 2 is 1.73 bits per heavy atom. The molecule has 0 amide bonds. The van der Waals surface area contributed by atoms with Gasteiger partial charge in [-0.25, -0.2) is 9.34 Å². The Balaban J connectivity index is 1.84. The molecule has 6 heteroatoms. The maximum atomic E-state index is 6.53. The summed E-state index contributed by atoms with van der Waals surface area (Å²) in [6.45, 7) is -0.0108. The molecule has 1 saturated carbocycles. The summed E-state index contributed by atoms with van der Waals surface area (Å²) in [7, 11) is 4.33. The molecule has 1 aromatic rings. The molecule has 0 aromatic heterocycles. The molecule has 1 aliphatic carbocycles. The van der Waals surface area contributed by atoms with Crippen molar-refractivity contribution in [3.05, 3.63) is 34.3 Å². The van der Waals surface area contributed by atoms with Crippen LogP contribution in [-0.4, -0.2) is 35.5 Å². The fourth-order valence-electron chi connectivity index (χ4n) is 3.78. The quantitative estimate of drug-likeness (QED) is 0.664. The Morgan fingerprint density at radius 1 is 1.18 bits per heavy atom. The first-order chi connectivity index (χ1) is 10.4. The van der Waals surface area contributed by atoms with Gasteiger partial charge in [0.2, 0.25) is 6.57 Å². The second-order valence-electron chi connectivity index (χ2n) is 6.33. The van der Waals surface area contributed by atoms with Crippen molar-refractivity contribution >= 4 is 34.3 Å². The van der Waals surface area contributed by atoms with Crippen LogP contribution in [0.2, 0.25) is 0 Å². The zero-order valence-electron chi connectivity index (χ0n) is 13.4. The molecule has 122 valence electrons. The standard InChI is InChI=1S/C16H24BrN2OPS/c1-12(13-8-4-5-9-14(13)17)20-21(22)18(2)15-10-6-7-11-16(15)19(21)3/h4-5,8-9,12,15-16H,6-7,10-11H2,1-3H3/t12-,15-,16-/m1/s1. The first-order valence-electron chi connectivity index (χ1n) is 7.94. The largest absolute Gasteiger partial charge is 0.319 e. The van der Waals surface area contributed by atoms with Crippen LogP contribution in [-0.2, 0) is 16.3 Å². The summed E-state index contributed by atoms with van der Waals surface area (Å²) in [6.07, 6.45) is 5.11. The smallest absolute Gasteiger partial charge is 0.204 e. The third kappa shape index (κ3) is 2.85. The summed E-state index contributed by atoms with van der Waals surface area (Å²) in [5.74, 6) is 0. The van der Waals surface area contributed by atoms with Crippen molar-refractivity contribution in [2.24, 2.45) is 0 Å². The van der Waals surface area contributed by atoms with E-state index in [1.165, 1.54) is 31.2 Å². The van der Waals surface area contributed by atoms with Gasteiger partial charge >= 0.3 is 0 Å². The number of nitrogens with zero attached hydrogens (tertiary/aromatic N) is 2. The third-order valence-corrected chi connectivity index (χ3v) is 10.4. The van der Waals surface area contributed by atoms with Crippen molar-refractivity contribution < 1.29 is 4.52 Å². The molecule has 1 aliphatic heterocycles. The monoisotopic (exact) mass is 402 g/mol. The summed E-state index contributed by atoms with van der Waals surface area (Å²) in [6, 6.07) is 9.38. The van der Waals surface area contributed by atoms with Crippen LogP contribution in [0.25, 0.3) is 0 Å². The lowest BCUT2D eigenvalue weighted by atomic mass is 9.91. The molecule has 1 heterocycles. The van der Waals surface area contributed by atoms with Gasteiger partial charge in [0, 0.05) is 16.6 Å². The van der Waals surface area contributed by atoms with Crippen LogP contribution in [0.5, 0.6) is 0 Å². The van der Waals surface area contributed by atoms with E-state index in [1.807, 2.05) is 6.07 Å². The zero-order valence-corrected chi connectivity index (χ0v) is 16.7. The van der Waals surface area contributed by atoms with Gasteiger partial charge in [-0.15, -0.1) is 0 Å². The normalized spacial score (nSPS) is 30.2. The highest BCUT2D eigenvalue weighted by molar-refractivity contribution is 9.10. The average Bonchev–Trinajstić information content (AvgIpc) is 2.70. The fraction of sp³-hybridized carbons (Fsp3) is 0.625. The van der Waals surface area contributed by atoms with Crippen molar-refractivity contribution in [3.63, 3.8) is 0 Å². The number of likely N-dealkylation sites (N-methyl/N-ethyl adjacent to an activating group) is 2. The Kier molecular flexibility index (Phi) is 5.13. The van der Waals surface area contributed by atoms with E-state index < -0.39 is 6.57 Å². The molecule has 1 saturated heterocycles. The van der Waals surface area contributed by atoms with Crippen LogP contribution in [0.1, 0.15) is 44.3 Å². The van der Waals surface area contributed by atoms with E-state index in [4.69, 9.17) is 16.3 Å². The second kappa shape index (κ2) is 6.62. The van der Waals surface area contributed by atoms with Crippen LogP contribution in [0.15, 0.2) is 28.7 Å². The Labute approximate surface area is 147 Å². The minimum absolute atomic E-state index is 0.00791. The van der Waals surface area contributed by atoms with E-state index in [9.17, 15) is 0 Å². The highest BCUT2D eigenvalue weighted by Crippen LogP contribution is 2.64. The van der Waals surface area contributed by atoms with E-state index >= 15 is 0 Å². The summed E-state index contributed by atoms with van der Waals surface area (Å²) >= 11 is 9.70. The minimum atomic E-state index is -2.12. The molecule has 3 rings (SSSR count). The van der Waals surface area contributed by atoms with Crippen molar-refractivity contribution in [3.8, 4) is 0 Å². The van der Waals surface area contributed by atoms with Crippen LogP contribution in [0.3, 0.4) is 0 Å². The summed E-state index contributed by atoms with van der Waals surface area (Å²) in [4.78, 5) is 0. The SMILES string of the molecule is C[C@@H](OP1(=S)N(C)[C@@H]2CCCC[C@H]2N1C)c1ccccc1Br. The average molecular weight is 403 g/mol. The molecule has 0 spiro atoms. The van der Waals surface area contributed by atoms with E-state index in [-0.39, 0.29) is 6.10 Å². The maximum absolute atomic E-state index is 6.53. The van der Waals surface area contributed by atoms with Gasteiger partial charge in [-0.2, -0.15) is 0 Å². The lowest BCUT2D eigenvalue weighted by Crippen LogP contribution is -2.37. The first kappa shape index (κ1) is 17.1. The van der Waals surface area contributed by atoms with Gasteiger partial charge in [0.25, 0.3) is 0 Å². The number of fused-ring (bicyclic) bond motifs is 1. The van der Waals surface area contributed by atoms with Crippen molar-refractivity contribution in [1.82, 2.24) is 9.34 Å². The molecule has 22 heavy (non-hydrogen) atoms. The molecule has 2 fully saturated rings. The van der Waals surface area contributed by atoms with Crippen LogP contribution >= 0.6 is 22.5 Å². The van der Waals surface area contributed by atoms with Crippen LogP contribution in [0, 0.1) is 0 Å². The topological polar surface area (TPSA) is 15.7 Å².